The molecule has 1 saturated heterocycles. The van der Waals surface area contributed by atoms with Gasteiger partial charge in [-0.1, -0.05) is 0 Å². The molecule has 0 bridgehead atoms. The maximum absolute atomic E-state index is 10.5. The number of aliphatic hydroxyl groups excluding tert-OH is 3. The Morgan fingerprint density at radius 2 is 1.75 bits per heavy atom. The van der Waals surface area contributed by atoms with Gasteiger partial charge in [-0.3, -0.25) is 4.52 Å². The van der Waals surface area contributed by atoms with E-state index in [2.05, 4.69) is 9.26 Å². The second-order valence-corrected chi connectivity index (χ2v) is 5.25. The molecule has 0 aromatic carbocycles. The highest BCUT2D eigenvalue weighted by Crippen LogP contribution is 2.37. The number of carbonyl (C=O) groups is 1. The molecule has 0 radical (unpaired) electrons. The van der Waals surface area contributed by atoms with Crippen molar-refractivity contribution in [1.29, 1.82) is 0 Å². The molecule has 1 rings (SSSR count). The standard InChI is InChI=1S/C8H15O11P/c9-4(10)2-17-8-7(13)6(12)5(11)3(19-8)1-18-20(14,15)16/h3,5-8,11-13H,1-2H2,(H,9,10)(H2,14,15,16)/t3?,5-,6+,7-,8?/m1/s1. The molecule has 0 spiro atoms. The number of aliphatic hydroxyl groups is 3. The van der Waals surface area contributed by atoms with Crippen molar-refractivity contribution < 1.29 is 53.6 Å². The quantitative estimate of drug-likeness (QED) is 0.274. The fourth-order valence-electron chi connectivity index (χ4n) is 1.52. The van der Waals surface area contributed by atoms with Crippen LogP contribution in [0, 0.1) is 0 Å². The molecule has 20 heavy (non-hydrogen) atoms. The van der Waals surface area contributed by atoms with Gasteiger partial charge in [0.05, 0.1) is 6.61 Å². The molecule has 5 atom stereocenters. The van der Waals surface area contributed by atoms with Gasteiger partial charge in [-0.05, 0) is 0 Å². The van der Waals surface area contributed by atoms with Gasteiger partial charge in [0.25, 0.3) is 0 Å². The van der Waals surface area contributed by atoms with Gasteiger partial charge in [-0.25, -0.2) is 9.36 Å². The summed E-state index contributed by atoms with van der Waals surface area (Å²) in [6, 6.07) is 0. The fourth-order valence-corrected chi connectivity index (χ4v) is 1.86. The topological polar surface area (TPSA) is 183 Å². The number of carboxylic acids is 1. The van der Waals surface area contributed by atoms with Gasteiger partial charge in [0, 0.05) is 0 Å². The molecule has 0 amide bonds. The third-order valence-electron chi connectivity index (χ3n) is 2.45. The van der Waals surface area contributed by atoms with Gasteiger partial charge >= 0.3 is 13.8 Å². The summed E-state index contributed by atoms with van der Waals surface area (Å²) < 4.78 is 24.2. The highest BCUT2D eigenvalue weighted by molar-refractivity contribution is 7.46. The van der Waals surface area contributed by atoms with E-state index in [9.17, 15) is 24.7 Å². The molecule has 12 heteroatoms. The van der Waals surface area contributed by atoms with Crippen LogP contribution in [0.25, 0.3) is 0 Å². The summed E-state index contributed by atoms with van der Waals surface area (Å²) in [6.45, 7) is -1.63. The van der Waals surface area contributed by atoms with Crippen molar-refractivity contribution in [3.8, 4) is 0 Å². The highest BCUT2D eigenvalue weighted by atomic mass is 31.2. The monoisotopic (exact) mass is 318 g/mol. The summed E-state index contributed by atoms with van der Waals surface area (Å²) in [5.41, 5.74) is 0. The highest BCUT2D eigenvalue weighted by Gasteiger charge is 2.45. The lowest BCUT2D eigenvalue weighted by Gasteiger charge is -2.39. The third kappa shape index (κ3) is 5.05. The van der Waals surface area contributed by atoms with Crippen LogP contribution in [0.2, 0.25) is 0 Å². The van der Waals surface area contributed by atoms with Crippen molar-refractivity contribution >= 4 is 13.8 Å². The number of hydrogen-bond acceptors (Lipinski definition) is 8. The minimum absolute atomic E-state index is 0.790. The first-order valence-corrected chi connectivity index (χ1v) is 6.88. The van der Waals surface area contributed by atoms with Crippen molar-refractivity contribution in [2.45, 2.75) is 30.7 Å². The van der Waals surface area contributed by atoms with Crippen LogP contribution in [-0.4, -0.2) is 80.1 Å². The van der Waals surface area contributed by atoms with Crippen LogP contribution in [0.15, 0.2) is 0 Å². The molecule has 1 fully saturated rings. The van der Waals surface area contributed by atoms with Crippen molar-refractivity contribution in [2.75, 3.05) is 13.2 Å². The van der Waals surface area contributed by atoms with Crippen molar-refractivity contribution in [2.24, 2.45) is 0 Å². The molecular weight excluding hydrogens is 303 g/mol. The zero-order valence-corrected chi connectivity index (χ0v) is 10.9. The first-order chi connectivity index (χ1) is 9.11. The smallest absolute Gasteiger partial charge is 0.469 e. The lowest BCUT2D eigenvalue weighted by Crippen LogP contribution is -2.59. The number of carboxylic acid groups (broad SMARTS) is 1. The van der Waals surface area contributed by atoms with E-state index in [0.717, 1.165) is 0 Å². The molecule has 11 nitrogen and oxygen atoms in total. The normalized spacial score (nSPS) is 35.0. The second kappa shape index (κ2) is 6.89. The summed E-state index contributed by atoms with van der Waals surface area (Å²) in [5.74, 6) is -1.36. The largest absolute Gasteiger partial charge is 0.480 e. The molecule has 118 valence electrons. The van der Waals surface area contributed by atoms with Crippen LogP contribution in [0.4, 0.5) is 0 Å². The van der Waals surface area contributed by atoms with Crippen LogP contribution < -0.4 is 0 Å². The van der Waals surface area contributed by atoms with E-state index in [0.29, 0.717) is 0 Å². The lowest BCUT2D eigenvalue weighted by atomic mass is 9.99. The van der Waals surface area contributed by atoms with Gasteiger partial charge in [-0.15, -0.1) is 0 Å². The number of phosphoric acid groups is 1. The number of ether oxygens (including phenoxy) is 2. The Bertz CT molecular complexity index is 381. The maximum atomic E-state index is 10.5. The summed E-state index contributed by atoms with van der Waals surface area (Å²) in [7, 11) is -4.81. The second-order valence-electron chi connectivity index (χ2n) is 4.01. The number of aliphatic carboxylic acids is 1. The van der Waals surface area contributed by atoms with Gasteiger partial charge in [0.2, 0.25) is 0 Å². The van der Waals surface area contributed by atoms with E-state index in [1.54, 1.807) is 0 Å². The lowest BCUT2D eigenvalue weighted by molar-refractivity contribution is -0.299. The van der Waals surface area contributed by atoms with Crippen LogP contribution in [0.3, 0.4) is 0 Å². The van der Waals surface area contributed by atoms with Crippen LogP contribution >= 0.6 is 7.82 Å². The van der Waals surface area contributed by atoms with Crippen LogP contribution in [0.5, 0.6) is 0 Å². The molecule has 0 saturated carbocycles. The summed E-state index contributed by atoms with van der Waals surface area (Å²) in [5, 5.41) is 37.0. The minimum atomic E-state index is -4.81. The molecule has 0 aromatic heterocycles. The van der Waals surface area contributed by atoms with E-state index in [1.807, 2.05) is 0 Å². The molecule has 1 aliphatic rings. The van der Waals surface area contributed by atoms with Gasteiger partial charge in [0.15, 0.2) is 6.29 Å². The Morgan fingerprint density at radius 3 is 2.25 bits per heavy atom. The average Bonchev–Trinajstić information content (AvgIpc) is 2.32. The van der Waals surface area contributed by atoms with Gasteiger partial charge in [-0.2, -0.15) is 0 Å². The van der Waals surface area contributed by atoms with Crippen molar-refractivity contribution in [3.05, 3.63) is 0 Å². The number of phosphoric ester groups is 1. The van der Waals surface area contributed by atoms with Gasteiger partial charge in [0.1, 0.15) is 31.0 Å². The summed E-state index contributed by atoms with van der Waals surface area (Å²) in [4.78, 5) is 27.4. The molecule has 6 N–H and O–H groups in total. The number of rotatable bonds is 6. The van der Waals surface area contributed by atoms with E-state index < -0.39 is 57.7 Å². The SMILES string of the molecule is O=C(O)COC1OC(COP(=O)(O)O)[C@@H](O)[C@H](O)[C@H]1O. The molecule has 2 unspecified atom stereocenters. The Balaban J connectivity index is 2.65. The van der Waals surface area contributed by atoms with Gasteiger partial charge < -0.3 is 39.7 Å². The zero-order valence-electron chi connectivity index (χ0n) is 9.97. The Kier molecular flexibility index (Phi) is 6.01. The average molecular weight is 318 g/mol. The van der Waals surface area contributed by atoms with Crippen LogP contribution in [0.1, 0.15) is 0 Å². The predicted octanol–water partition coefficient (Wildman–Crippen LogP) is -3.00. The minimum Gasteiger partial charge on any atom is -0.480 e. The molecule has 0 aliphatic carbocycles. The molecule has 0 aromatic rings. The molecule has 1 heterocycles. The Hall–Kier alpha value is -0.620. The Morgan fingerprint density at radius 1 is 1.15 bits per heavy atom. The van der Waals surface area contributed by atoms with E-state index in [1.165, 1.54) is 0 Å². The van der Waals surface area contributed by atoms with Crippen LogP contribution in [-0.2, 0) is 23.4 Å². The van der Waals surface area contributed by atoms with E-state index >= 15 is 0 Å². The zero-order chi connectivity index (χ0) is 15.5. The molecule has 1 aliphatic heterocycles. The van der Waals surface area contributed by atoms with Crippen molar-refractivity contribution in [1.82, 2.24) is 0 Å². The predicted molar refractivity (Wildman–Crippen MR) is 58.3 cm³/mol. The molecular formula is C8H15O11P. The fraction of sp³-hybridized carbons (Fsp3) is 0.875. The summed E-state index contributed by atoms with van der Waals surface area (Å²) in [6.07, 6.45) is -8.18. The first kappa shape index (κ1) is 17.4. The Labute approximate surface area is 112 Å². The maximum Gasteiger partial charge on any atom is 0.469 e. The number of hydrogen-bond donors (Lipinski definition) is 6. The van der Waals surface area contributed by atoms with E-state index in [-0.39, 0.29) is 0 Å². The first-order valence-electron chi connectivity index (χ1n) is 5.35. The van der Waals surface area contributed by atoms with Crippen molar-refractivity contribution in [3.63, 3.8) is 0 Å². The third-order valence-corrected chi connectivity index (χ3v) is 2.93. The summed E-state index contributed by atoms with van der Waals surface area (Å²) >= 11 is 0. The van der Waals surface area contributed by atoms with E-state index in [4.69, 9.17) is 19.6 Å².